The van der Waals surface area contributed by atoms with Crippen LogP contribution in [0.2, 0.25) is 0 Å². The number of amides is 2. The Kier molecular flexibility index (Phi) is 7.13. The molecule has 0 radical (unpaired) electrons. The number of nitrogens with zero attached hydrogens (tertiary/aromatic N) is 5. The van der Waals surface area contributed by atoms with Crippen LogP contribution in [0, 0.1) is 6.92 Å². The predicted molar refractivity (Wildman–Crippen MR) is 159 cm³/mol. The number of pyridine rings is 1. The third kappa shape index (κ3) is 5.50. The summed E-state index contributed by atoms with van der Waals surface area (Å²) >= 11 is 1.31. The summed E-state index contributed by atoms with van der Waals surface area (Å²) in [6, 6.07) is 20.7. The van der Waals surface area contributed by atoms with Crippen molar-refractivity contribution in [2.75, 3.05) is 17.3 Å². The standard InChI is InChI=1S/C31H26N6O3S/c1-20-5-7-22(8-6-20)30(39)36(2)23-9-10-25-24(16-23)34-31(37(25)15-13-21-4-3-14-32-17-21)35-29(38)28-12-11-27(41-28)26-18-33-19-40-26/h3-12,14,16-19H,13,15H2,1-2H3,(H,34,35,38). The van der Waals surface area contributed by atoms with Crippen LogP contribution in [0.1, 0.15) is 31.2 Å². The van der Waals surface area contributed by atoms with Crippen molar-refractivity contribution in [1.29, 1.82) is 0 Å². The Labute approximate surface area is 240 Å². The second-order valence-corrected chi connectivity index (χ2v) is 10.7. The second-order valence-electron chi connectivity index (χ2n) is 9.59. The van der Waals surface area contributed by atoms with E-state index in [0.717, 1.165) is 21.5 Å². The van der Waals surface area contributed by atoms with Crippen LogP contribution in [0.5, 0.6) is 0 Å². The minimum absolute atomic E-state index is 0.117. The molecule has 0 aliphatic heterocycles. The molecule has 0 saturated heterocycles. The Bertz CT molecular complexity index is 1830. The SMILES string of the molecule is Cc1ccc(C(=O)N(C)c2ccc3c(c2)nc(NC(=O)c2ccc(-c4cnco4)s2)n3CCc2cccnc2)cc1. The number of hydrogen-bond donors (Lipinski definition) is 1. The molecule has 0 unspecified atom stereocenters. The molecule has 9 nitrogen and oxygen atoms in total. The highest BCUT2D eigenvalue weighted by molar-refractivity contribution is 7.17. The van der Waals surface area contributed by atoms with Crippen LogP contribution in [0.25, 0.3) is 21.7 Å². The summed E-state index contributed by atoms with van der Waals surface area (Å²) in [7, 11) is 1.74. The van der Waals surface area contributed by atoms with Crippen molar-refractivity contribution < 1.29 is 14.0 Å². The van der Waals surface area contributed by atoms with E-state index >= 15 is 0 Å². The highest BCUT2D eigenvalue weighted by atomic mass is 32.1. The normalized spacial score (nSPS) is 11.1. The van der Waals surface area contributed by atoms with Gasteiger partial charge in [0.05, 0.1) is 27.0 Å². The number of carbonyl (C=O) groups excluding carboxylic acids is 2. The number of thiophene rings is 1. The number of fused-ring (bicyclic) bond motifs is 1. The van der Waals surface area contributed by atoms with Crippen LogP contribution >= 0.6 is 11.3 Å². The summed E-state index contributed by atoms with van der Waals surface area (Å²) in [4.78, 5) is 42.3. The number of oxazole rings is 1. The minimum atomic E-state index is -0.273. The van der Waals surface area contributed by atoms with Gasteiger partial charge in [0.15, 0.2) is 12.2 Å². The predicted octanol–water partition coefficient (Wildman–Crippen LogP) is 6.23. The van der Waals surface area contributed by atoms with E-state index < -0.39 is 0 Å². The Morgan fingerprint density at radius 2 is 1.88 bits per heavy atom. The molecule has 204 valence electrons. The molecule has 0 fully saturated rings. The molecule has 41 heavy (non-hydrogen) atoms. The molecule has 0 bridgehead atoms. The molecule has 0 atom stereocenters. The minimum Gasteiger partial charge on any atom is -0.443 e. The maximum absolute atomic E-state index is 13.3. The Morgan fingerprint density at radius 3 is 2.63 bits per heavy atom. The number of nitrogens with one attached hydrogen (secondary N) is 1. The lowest BCUT2D eigenvalue weighted by Gasteiger charge is -2.17. The lowest BCUT2D eigenvalue weighted by Crippen LogP contribution is -2.26. The molecule has 10 heteroatoms. The number of aromatic nitrogens is 4. The summed E-state index contributed by atoms with van der Waals surface area (Å²) in [5.41, 5.74) is 4.98. The fraction of sp³-hybridized carbons (Fsp3) is 0.129. The van der Waals surface area contributed by atoms with Crippen molar-refractivity contribution in [3.8, 4) is 10.6 Å². The maximum Gasteiger partial charge on any atom is 0.268 e. The molecule has 2 amide bonds. The van der Waals surface area contributed by atoms with Gasteiger partial charge in [-0.3, -0.25) is 19.9 Å². The first-order valence-corrected chi connectivity index (χ1v) is 13.8. The van der Waals surface area contributed by atoms with E-state index in [1.165, 1.54) is 17.7 Å². The number of anilines is 2. The van der Waals surface area contributed by atoms with Gasteiger partial charge in [0.1, 0.15) is 0 Å². The van der Waals surface area contributed by atoms with Crippen molar-refractivity contribution in [3.05, 3.63) is 113 Å². The number of rotatable bonds is 8. The van der Waals surface area contributed by atoms with Crippen LogP contribution in [0.3, 0.4) is 0 Å². The average Bonchev–Trinajstić information content (AvgIpc) is 3.76. The Hall–Kier alpha value is -5.09. The van der Waals surface area contributed by atoms with E-state index in [0.29, 0.717) is 46.3 Å². The van der Waals surface area contributed by atoms with Crippen LogP contribution in [0.4, 0.5) is 11.6 Å². The second kappa shape index (κ2) is 11.2. The van der Waals surface area contributed by atoms with Gasteiger partial charge < -0.3 is 13.9 Å². The molecule has 1 N–H and O–H groups in total. The monoisotopic (exact) mass is 562 g/mol. The molecular formula is C31H26N6O3S. The number of aryl methyl sites for hydroxylation is 3. The molecule has 4 heterocycles. The van der Waals surface area contributed by atoms with Gasteiger partial charge >= 0.3 is 0 Å². The number of carbonyl (C=O) groups is 2. The van der Waals surface area contributed by atoms with E-state index in [1.807, 2.05) is 78.4 Å². The Morgan fingerprint density at radius 1 is 1.02 bits per heavy atom. The highest BCUT2D eigenvalue weighted by Gasteiger charge is 2.19. The van der Waals surface area contributed by atoms with Crippen molar-refractivity contribution in [2.45, 2.75) is 19.9 Å². The van der Waals surface area contributed by atoms with Gasteiger partial charge in [-0.2, -0.15) is 0 Å². The fourth-order valence-corrected chi connectivity index (χ4v) is 5.39. The van der Waals surface area contributed by atoms with Gasteiger partial charge in [-0.1, -0.05) is 23.8 Å². The molecule has 0 saturated carbocycles. The molecule has 6 aromatic rings. The van der Waals surface area contributed by atoms with E-state index in [2.05, 4.69) is 15.3 Å². The van der Waals surface area contributed by atoms with Crippen LogP contribution in [0.15, 0.2) is 96.1 Å². The lowest BCUT2D eigenvalue weighted by atomic mass is 10.1. The summed E-state index contributed by atoms with van der Waals surface area (Å²) in [6.07, 6.45) is 7.25. The first kappa shape index (κ1) is 26.1. The van der Waals surface area contributed by atoms with Gasteiger partial charge in [-0.25, -0.2) is 9.97 Å². The van der Waals surface area contributed by atoms with Crippen molar-refractivity contribution >= 4 is 45.8 Å². The van der Waals surface area contributed by atoms with Crippen LogP contribution < -0.4 is 10.2 Å². The van der Waals surface area contributed by atoms with Gasteiger partial charge in [-0.15, -0.1) is 11.3 Å². The molecular weight excluding hydrogens is 536 g/mol. The van der Waals surface area contributed by atoms with Crippen molar-refractivity contribution in [3.63, 3.8) is 0 Å². The molecule has 6 rings (SSSR count). The largest absolute Gasteiger partial charge is 0.443 e. The third-order valence-corrected chi connectivity index (χ3v) is 7.90. The quantitative estimate of drug-likeness (QED) is 0.236. The van der Waals surface area contributed by atoms with Crippen LogP contribution in [-0.2, 0) is 13.0 Å². The van der Waals surface area contributed by atoms with Crippen LogP contribution in [-0.4, -0.2) is 38.4 Å². The fourth-order valence-electron chi connectivity index (χ4n) is 4.54. The molecule has 0 aliphatic carbocycles. The summed E-state index contributed by atoms with van der Waals surface area (Å²) < 4.78 is 7.35. The van der Waals surface area contributed by atoms with Gasteiger partial charge in [-0.05, 0) is 67.4 Å². The highest BCUT2D eigenvalue weighted by Crippen LogP contribution is 2.30. The van der Waals surface area contributed by atoms with E-state index in [4.69, 9.17) is 9.40 Å². The van der Waals surface area contributed by atoms with Gasteiger partial charge in [0.25, 0.3) is 11.8 Å². The van der Waals surface area contributed by atoms with E-state index in [-0.39, 0.29) is 11.8 Å². The molecule has 2 aromatic carbocycles. The molecule has 0 spiro atoms. The number of benzene rings is 2. The third-order valence-electron chi connectivity index (χ3n) is 6.80. The zero-order valence-corrected chi connectivity index (χ0v) is 23.3. The zero-order valence-electron chi connectivity index (χ0n) is 22.4. The lowest BCUT2D eigenvalue weighted by molar-refractivity contribution is 0.0991. The molecule has 0 aliphatic rings. The smallest absolute Gasteiger partial charge is 0.268 e. The summed E-state index contributed by atoms with van der Waals surface area (Å²) in [6.45, 7) is 2.56. The summed E-state index contributed by atoms with van der Waals surface area (Å²) in [5, 5.41) is 2.99. The topological polar surface area (TPSA) is 106 Å². The van der Waals surface area contributed by atoms with Crippen molar-refractivity contribution in [1.82, 2.24) is 19.5 Å². The Balaban J connectivity index is 1.31. The molecule has 4 aromatic heterocycles. The first-order chi connectivity index (χ1) is 20.0. The van der Waals surface area contributed by atoms with E-state index in [1.54, 1.807) is 30.4 Å². The van der Waals surface area contributed by atoms with Gasteiger partial charge in [0, 0.05) is 37.2 Å². The van der Waals surface area contributed by atoms with Gasteiger partial charge in [0.2, 0.25) is 5.95 Å². The first-order valence-electron chi connectivity index (χ1n) is 13.0. The number of imidazole rings is 1. The average molecular weight is 563 g/mol. The number of hydrogen-bond acceptors (Lipinski definition) is 7. The van der Waals surface area contributed by atoms with E-state index in [9.17, 15) is 9.59 Å². The zero-order chi connectivity index (χ0) is 28.3. The van der Waals surface area contributed by atoms with Crippen molar-refractivity contribution in [2.24, 2.45) is 0 Å². The summed E-state index contributed by atoms with van der Waals surface area (Å²) in [5.74, 6) is 0.641. The maximum atomic E-state index is 13.3.